The molecule has 0 radical (unpaired) electrons. The number of para-hydroxylation sites is 1. The highest BCUT2D eigenvalue weighted by atomic mass is 16.5. The van der Waals surface area contributed by atoms with Gasteiger partial charge in [-0.2, -0.15) is 5.26 Å². The van der Waals surface area contributed by atoms with Gasteiger partial charge in [-0.15, -0.1) is 0 Å². The number of hydrogen-bond donors (Lipinski definition) is 1. The summed E-state index contributed by atoms with van der Waals surface area (Å²) in [5.41, 5.74) is 1.48. The smallest absolute Gasteiger partial charge is 0.303 e. The largest absolute Gasteiger partial charge is 0.481 e. The summed E-state index contributed by atoms with van der Waals surface area (Å²) in [6, 6.07) is 9.59. The number of anilines is 1. The van der Waals surface area contributed by atoms with Crippen LogP contribution in [0.3, 0.4) is 0 Å². The van der Waals surface area contributed by atoms with E-state index in [-0.39, 0.29) is 12.5 Å². The van der Waals surface area contributed by atoms with E-state index >= 15 is 0 Å². The summed E-state index contributed by atoms with van der Waals surface area (Å²) in [6.45, 7) is 1.79. The van der Waals surface area contributed by atoms with Gasteiger partial charge in [-0.05, 0) is 18.6 Å². The van der Waals surface area contributed by atoms with Crippen molar-refractivity contribution in [2.24, 2.45) is 0 Å². The van der Waals surface area contributed by atoms with E-state index in [1.165, 1.54) is 0 Å². The minimum atomic E-state index is -0.806. The predicted molar refractivity (Wildman–Crippen MR) is 70.0 cm³/mol. The van der Waals surface area contributed by atoms with Gasteiger partial charge in [-0.3, -0.25) is 4.79 Å². The van der Waals surface area contributed by atoms with Crippen LogP contribution in [-0.4, -0.2) is 36.9 Å². The maximum absolute atomic E-state index is 10.7. The molecular weight excluding hydrogens is 244 g/mol. The van der Waals surface area contributed by atoms with Gasteiger partial charge in [0, 0.05) is 13.0 Å². The number of benzene rings is 1. The van der Waals surface area contributed by atoms with Crippen LogP contribution in [0.4, 0.5) is 5.69 Å². The van der Waals surface area contributed by atoms with E-state index in [9.17, 15) is 4.79 Å². The Morgan fingerprint density at radius 2 is 2.32 bits per heavy atom. The molecule has 1 atom stereocenters. The van der Waals surface area contributed by atoms with E-state index in [1.54, 1.807) is 6.07 Å². The summed E-state index contributed by atoms with van der Waals surface area (Å²) < 4.78 is 5.42. The Balaban J connectivity index is 2.19. The quantitative estimate of drug-likeness (QED) is 0.890. The molecule has 5 nitrogen and oxygen atoms in total. The molecule has 19 heavy (non-hydrogen) atoms. The Hall–Kier alpha value is -2.06. The van der Waals surface area contributed by atoms with Gasteiger partial charge < -0.3 is 14.7 Å². The number of ether oxygens (including phenoxy) is 1. The molecule has 1 aliphatic heterocycles. The third kappa shape index (κ3) is 3.24. The van der Waals surface area contributed by atoms with Crippen molar-refractivity contribution in [3.63, 3.8) is 0 Å². The number of aliphatic carboxylic acids is 1. The molecule has 0 saturated carbocycles. The lowest BCUT2D eigenvalue weighted by Crippen LogP contribution is -2.46. The van der Waals surface area contributed by atoms with Gasteiger partial charge in [-0.1, -0.05) is 12.1 Å². The van der Waals surface area contributed by atoms with Crippen LogP contribution in [0.1, 0.15) is 18.4 Å². The maximum Gasteiger partial charge on any atom is 0.303 e. The van der Waals surface area contributed by atoms with Crippen molar-refractivity contribution in [3.8, 4) is 6.07 Å². The molecule has 0 bridgehead atoms. The number of morpholine rings is 1. The Bertz CT molecular complexity index is 496. The van der Waals surface area contributed by atoms with Crippen molar-refractivity contribution in [2.45, 2.75) is 18.9 Å². The predicted octanol–water partition coefficient (Wildman–Crippen LogP) is 1.63. The summed E-state index contributed by atoms with van der Waals surface area (Å²) in [4.78, 5) is 12.8. The van der Waals surface area contributed by atoms with Crippen LogP contribution in [0.25, 0.3) is 0 Å². The van der Waals surface area contributed by atoms with E-state index in [2.05, 4.69) is 11.0 Å². The van der Waals surface area contributed by atoms with Gasteiger partial charge in [0.05, 0.1) is 30.5 Å². The summed E-state index contributed by atoms with van der Waals surface area (Å²) in [6.07, 6.45) is 0.633. The van der Waals surface area contributed by atoms with Crippen LogP contribution >= 0.6 is 0 Å². The van der Waals surface area contributed by atoms with Crippen LogP contribution in [0, 0.1) is 11.3 Å². The highest BCUT2D eigenvalue weighted by molar-refractivity contribution is 5.67. The number of carboxylic acid groups (broad SMARTS) is 1. The number of hydrogen-bond acceptors (Lipinski definition) is 4. The van der Waals surface area contributed by atoms with Gasteiger partial charge in [-0.25, -0.2) is 0 Å². The Morgan fingerprint density at radius 3 is 3.05 bits per heavy atom. The van der Waals surface area contributed by atoms with Crippen LogP contribution in [0.15, 0.2) is 24.3 Å². The zero-order valence-electron chi connectivity index (χ0n) is 10.6. The molecule has 2 rings (SSSR count). The first-order valence-electron chi connectivity index (χ1n) is 6.27. The van der Waals surface area contributed by atoms with Crippen LogP contribution < -0.4 is 4.90 Å². The molecule has 0 spiro atoms. The Morgan fingerprint density at radius 1 is 1.53 bits per heavy atom. The fourth-order valence-electron chi connectivity index (χ4n) is 2.32. The van der Waals surface area contributed by atoms with E-state index in [0.29, 0.717) is 31.7 Å². The van der Waals surface area contributed by atoms with Gasteiger partial charge in [0.2, 0.25) is 0 Å². The van der Waals surface area contributed by atoms with Crippen molar-refractivity contribution in [1.29, 1.82) is 5.26 Å². The molecule has 5 heteroatoms. The van der Waals surface area contributed by atoms with Gasteiger partial charge in [0.25, 0.3) is 0 Å². The minimum absolute atomic E-state index is 0.0133. The lowest BCUT2D eigenvalue weighted by atomic mass is 10.1. The molecule has 1 aromatic rings. The zero-order valence-corrected chi connectivity index (χ0v) is 10.6. The average Bonchev–Trinajstić information content (AvgIpc) is 2.45. The first kappa shape index (κ1) is 13.4. The second kappa shape index (κ2) is 6.21. The molecule has 0 aliphatic carbocycles. The van der Waals surface area contributed by atoms with Gasteiger partial charge >= 0.3 is 5.97 Å². The molecule has 0 aromatic heterocycles. The molecular formula is C14H16N2O3. The molecule has 1 N–H and O–H groups in total. The summed E-state index contributed by atoms with van der Waals surface area (Å²) in [7, 11) is 0. The average molecular weight is 260 g/mol. The third-order valence-corrected chi connectivity index (χ3v) is 3.25. The fourth-order valence-corrected chi connectivity index (χ4v) is 2.32. The molecule has 1 unspecified atom stereocenters. The van der Waals surface area contributed by atoms with E-state index in [1.807, 2.05) is 18.2 Å². The highest BCUT2D eigenvalue weighted by Gasteiger charge is 2.25. The van der Waals surface area contributed by atoms with Gasteiger partial charge in [0.15, 0.2) is 0 Å². The molecule has 1 aliphatic rings. The topological polar surface area (TPSA) is 73.6 Å². The maximum atomic E-state index is 10.7. The van der Waals surface area contributed by atoms with E-state index in [0.717, 1.165) is 5.69 Å². The standard InChI is InChI=1S/C14H16N2O3/c15-9-11-3-1-2-4-13(11)16-7-8-19-10-12(16)5-6-14(17)18/h1-4,12H,5-8,10H2,(H,17,18). The Kier molecular flexibility index (Phi) is 4.37. The molecule has 1 saturated heterocycles. The van der Waals surface area contributed by atoms with Gasteiger partial charge in [0.1, 0.15) is 6.07 Å². The van der Waals surface area contributed by atoms with Crippen molar-refractivity contribution in [3.05, 3.63) is 29.8 Å². The van der Waals surface area contributed by atoms with Crippen LogP contribution in [-0.2, 0) is 9.53 Å². The third-order valence-electron chi connectivity index (χ3n) is 3.25. The SMILES string of the molecule is N#Cc1ccccc1N1CCOCC1CCC(=O)O. The number of nitrogens with zero attached hydrogens (tertiary/aromatic N) is 2. The van der Waals surface area contributed by atoms with E-state index < -0.39 is 5.97 Å². The molecule has 1 heterocycles. The van der Waals surface area contributed by atoms with Crippen molar-refractivity contribution < 1.29 is 14.6 Å². The number of rotatable bonds is 4. The lowest BCUT2D eigenvalue weighted by Gasteiger charge is -2.37. The summed E-state index contributed by atoms with van der Waals surface area (Å²) in [5, 5.41) is 17.9. The normalized spacial score (nSPS) is 18.9. The first-order valence-corrected chi connectivity index (χ1v) is 6.27. The molecule has 1 aromatic carbocycles. The van der Waals surface area contributed by atoms with Crippen LogP contribution in [0.2, 0.25) is 0 Å². The van der Waals surface area contributed by atoms with Crippen molar-refractivity contribution in [1.82, 2.24) is 0 Å². The lowest BCUT2D eigenvalue weighted by molar-refractivity contribution is -0.137. The van der Waals surface area contributed by atoms with Crippen molar-refractivity contribution >= 4 is 11.7 Å². The van der Waals surface area contributed by atoms with E-state index in [4.69, 9.17) is 15.1 Å². The highest BCUT2D eigenvalue weighted by Crippen LogP contribution is 2.25. The summed E-state index contributed by atoms with van der Waals surface area (Å²) in [5.74, 6) is -0.806. The number of carboxylic acids is 1. The Labute approximate surface area is 112 Å². The summed E-state index contributed by atoms with van der Waals surface area (Å²) >= 11 is 0. The molecule has 1 fully saturated rings. The zero-order chi connectivity index (χ0) is 13.7. The minimum Gasteiger partial charge on any atom is -0.481 e. The molecule has 0 amide bonds. The second-order valence-corrected chi connectivity index (χ2v) is 4.48. The number of carbonyl (C=O) groups is 1. The fraction of sp³-hybridized carbons (Fsp3) is 0.429. The van der Waals surface area contributed by atoms with Crippen LogP contribution in [0.5, 0.6) is 0 Å². The monoisotopic (exact) mass is 260 g/mol. The number of nitriles is 1. The second-order valence-electron chi connectivity index (χ2n) is 4.48. The first-order chi connectivity index (χ1) is 9.22. The van der Waals surface area contributed by atoms with Crippen molar-refractivity contribution in [2.75, 3.05) is 24.7 Å². The molecule has 100 valence electrons.